The SMILES string of the molecule is Cc1ccccc1N(C)c1ccc(-c2cc[n+](C)cc2)cc1F.[I-]. The van der Waals surface area contributed by atoms with E-state index >= 15 is 0 Å². The van der Waals surface area contributed by atoms with E-state index in [-0.39, 0.29) is 29.8 Å². The molecular weight excluding hydrogens is 414 g/mol. The standard InChI is InChI=1S/C20H20FN2.HI/c1-15-6-4-5-7-19(15)23(3)20-9-8-17(14-18(20)21)16-10-12-22(2)13-11-16;/h4-14H,1-3H3;1H/q+1;/p-1. The van der Waals surface area contributed by atoms with Crippen LogP contribution in [0.5, 0.6) is 0 Å². The maximum atomic E-state index is 14.6. The molecule has 0 amide bonds. The van der Waals surface area contributed by atoms with Gasteiger partial charge in [-0.1, -0.05) is 24.3 Å². The minimum Gasteiger partial charge on any atom is -1.00 e. The van der Waals surface area contributed by atoms with Crippen molar-refractivity contribution in [1.82, 2.24) is 0 Å². The summed E-state index contributed by atoms with van der Waals surface area (Å²) in [4.78, 5) is 1.89. The molecule has 3 aromatic rings. The fourth-order valence-electron chi connectivity index (χ4n) is 2.72. The van der Waals surface area contributed by atoms with Gasteiger partial charge in [-0.05, 0) is 41.8 Å². The number of benzene rings is 2. The molecule has 0 fully saturated rings. The van der Waals surface area contributed by atoms with Crippen LogP contribution in [0.1, 0.15) is 5.56 Å². The van der Waals surface area contributed by atoms with Crippen LogP contribution < -0.4 is 33.4 Å². The van der Waals surface area contributed by atoms with Gasteiger partial charge in [0.2, 0.25) is 0 Å². The third-order valence-electron chi connectivity index (χ3n) is 4.10. The summed E-state index contributed by atoms with van der Waals surface area (Å²) in [5.74, 6) is -0.221. The molecule has 0 aliphatic carbocycles. The van der Waals surface area contributed by atoms with Crippen molar-refractivity contribution in [3.63, 3.8) is 0 Å². The van der Waals surface area contributed by atoms with Gasteiger partial charge in [0.15, 0.2) is 12.4 Å². The van der Waals surface area contributed by atoms with Crippen LogP contribution >= 0.6 is 0 Å². The molecule has 2 aromatic carbocycles. The Bertz CT molecular complexity index is 831. The fourth-order valence-corrected chi connectivity index (χ4v) is 2.72. The zero-order valence-corrected chi connectivity index (χ0v) is 16.2. The van der Waals surface area contributed by atoms with Crippen LogP contribution in [0.25, 0.3) is 11.1 Å². The fraction of sp³-hybridized carbons (Fsp3) is 0.150. The van der Waals surface area contributed by atoms with Gasteiger partial charge < -0.3 is 28.9 Å². The van der Waals surface area contributed by atoms with Gasteiger partial charge in [0.1, 0.15) is 12.9 Å². The first-order chi connectivity index (χ1) is 11.1. The van der Waals surface area contributed by atoms with Crippen molar-refractivity contribution in [2.45, 2.75) is 6.92 Å². The number of hydrogen-bond acceptors (Lipinski definition) is 1. The van der Waals surface area contributed by atoms with E-state index in [2.05, 4.69) is 0 Å². The molecule has 1 heterocycles. The Balaban J connectivity index is 0.00000208. The monoisotopic (exact) mass is 434 g/mol. The highest BCUT2D eigenvalue weighted by Crippen LogP contribution is 2.31. The topological polar surface area (TPSA) is 7.12 Å². The van der Waals surface area contributed by atoms with Gasteiger partial charge in [-0.15, -0.1) is 0 Å². The molecule has 0 aliphatic rings. The number of halogens is 2. The minimum absolute atomic E-state index is 0. The average Bonchev–Trinajstić information content (AvgIpc) is 2.55. The maximum Gasteiger partial charge on any atom is 0.169 e. The molecule has 0 spiro atoms. The number of para-hydroxylation sites is 1. The van der Waals surface area contributed by atoms with Gasteiger partial charge in [-0.25, -0.2) is 8.96 Å². The van der Waals surface area contributed by atoms with Crippen molar-refractivity contribution in [3.05, 3.63) is 78.4 Å². The van der Waals surface area contributed by atoms with E-state index in [0.29, 0.717) is 5.69 Å². The highest BCUT2D eigenvalue weighted by molar-refractivity contribution is 5.70. The number of nitrogens with zero attached hydrogens (tertiary/aromatic N) is 2. The maximum absolute atomic E-state index is 14.6. The second-order valence-electron chi connectivity index (χ2n) is 5.76. The van der Waals surface area contributed by atoms with Gasteiger partial charge >= 0.3 is 0 Å². The normalized spacial score (nSPS) is 10.2. The summed E-state index contributed by atoms with van der Waals surface area (Å²) in [6.45, 7) is 2.03. The van der Waals surface area contributed by atoms with Gasteiger partial charge in [0.25, 0.3) is 0 Å². The smallest absolute Gasteiger partial charge is 0.169 e. The lowest BCUT2D eigenvalue weighted by molar-refractivity contribution is -0.671. The summed E-state index contributed by atoms with van der Waals surface area (Å²) >= 11 is 0. The van der Waals surface area contributed by atoms with Crippen LogP contribution in [0.3, 0.4) is 0 Å². The third-order valence-corrected chi connectivity index (χ3v) is 4.10. The first-order valence-electron chi connectivity index (χ1n) is 7.61. The van der Waals surface area contributed by atoms with Crippen LogP contribution in [0.15, 0.2) is 67.0 Å². The summed E-state index contributed by atoms with van der Waals surface area (Å²) in [5, 5.41) is 0. The van der Waals surface area contributed by atoms with E-state index in [1.807, 2.05) is 91.4 Å². The number of pyridine rings is 1. The van der Waals surface area contributed by atoms with Gasteiger partial charge in [-0.3, -0.25) is 0 Å². The molecule has 0 unspecified atom stereocenters. The Hall–Kier alpha value is -1.95. The lowest BCUT2D eigenvalue weighted by Gasteiger charge is -2.22. The Kier molecular flexibility index (Phi) is 5.94. The van der Waals surface area contributed by atoms with Crippen molar-refractivity contribution in [2.75, 3.05) is 11.9 Å². The lowest BCUT2D eigenvalue weighted by atomic mass is 10.1. The van der Waals surface area contributed by atoms with Crippen LogP contribution in [-0.2, 0) is 7.05 Å². The second-order valence-corrected chi connectivity index (χ2v) is 5.76. The Morgan fingerprint density at radius 2 is 1.54 bits per heavy atom. The second kappa shape index (κ2) is 7.75. The van der Waals surface area contributed by atoms with Gasteiger partial charge in [0, 0.05) is 24.9 Å². The molecule has 1 aromatic heterocycles. The molecule has 0 N–H and O–H groups in total. The lowest BCUT2D eigenvalue weighted by Crippen LogP contribution is -3.00. The van der Waals surface area contributed by atoms with Crippen molar-refractivity contribution in [2.24, 2.45) is 7.05 Å². The van der Waals surface area contributed by atoms with Crippen molar-refractivity contribution in [3.8, 4) is 11.1 Å². The van der Waals surface area contributed by atoms with E-state index in [1.165, 1.54) is 0 Å². The molecule has 24 heavy (non-hydrogen) atoms. The summed E-state index contributed by atoms with van der Waals surface area (Å²) in [6, 6.07) is 17.4. The molecule has 0 saturated heterocycles. The van der Waals surface area contributed by atoms with Gasteiger partial charge in [-0.2, -0.15) is 0 Å². The largest absolute Gasteiger partial charge is 1.00 e. The number of rotatable bonds is 3. The van der Waals surface area contributed by atoms with Gasteiger partial charge in [0.05, 0.1) is 5.69 Å². The highest BCUT2D eigenvalue weighted by atomic mass is 127. The quantitative estimate of drug-likeness (QED) is 0.447. The van der Waals surface area contributed by atoms with E-state index in [0.717, 1.165) is 22.4 Å². The summed E-state index contributed by atoms with van der Waals surface area (Å²) in [6.07, 6.45) is 3.92. The summed E-state index contributed by atoms with van der Waals surface area (Å²) in [7, 11) is 3.85. The van der Waals surface area contributed by atoms with E-state index in [9.17, 15) is 4.39 Å². The zero-order chi connectivity index (χ0) is 16.4. The molecule has 0 radical (unpaired) electrons. The van der Waals surface area contributed by atoms with Crippen LogP contribution in [0.4, 0.5) is 15.8 Å². The van der Waals surface area contributed by atoms with Crippen LogP contribution in [-0.4, -0.2) is 7.05 Å². The van der Waals surface area contributed by atoms with Crippen molar-refractivity contribution >= 4 is 11.4 Å². The summed E-state index contributed by atoms with van der Waals surface area (Å²) in [5.41, 5.74) is 4.58. The molecular formula is C20H20FIN2. The first kappa shape index (κ1) is 18.4. The van der Waals surface area contributed by atoms with E-state index in [1.54, 1.807) is 6.07 Å². The van der Waals surface area contributed by atoms with E-state index < -0.39 is 0 Å². The molecule has 4 heteroatoms. The molecule has 0 aliphatic heterocycles. The van der Waals surface area contributed by atoms with E-state index in [4.69, 9.17) is 0 Å². The van der Waals surface area contributed by atoms with Crippen molar-refractivity contribution in [1.29, 1.82) is 0 Å². The summed E-state index contributed by atoms with van der Waals surface area (Å²) < 4.78 is 16.6. The molecule has 124 valence electrons. The first-order valence-corrected chi connectivity index (χ1v) is 7.61. The number of anilines is 2. The molecule has 2 nitrogen and oxygen atoms in total. The molecule has 0 bridgehead atoms. The molecule has 0 saturated carbocycles. The number of aryl methyl sites for hydroxylation is 2. The van der Waals surface area contributed by atoms with Crippen molar-refractivity contribution < 1.29 is 32.9 Å². The Morgan fingerprint density at radius 1 is 0.875 bits per heavy atom. The number of hydrogen-bond donors (Lipinski definition) is 0. The highest BCUT2D eigenvalue weighted by Gasteiger charge is 2.12. The third kappa shape index (κ3) is 3.75. The predicted octanol–water partition coefficient (Wildman–Crippen LogP) is 1.40. The average molecular weight is 434 g/mol. The van der Waals surface area contributed by atoms with Crippen LogP contribution in [0, 0.1) is 12.7 Å². The zero-order valence-electron chi connectivity index (χ0n) is 14.0. The molecule has 0 atom stereocenters. The van der Waals surface area contributed by atoms with Crippen LogP contribution in [0.2, 0.25) is 0 Å². The minimum atomic E-state index is -0.221. The Morgan fingerprint density at radius 3 is 2.17 bits per heavy atom. The Labute approximate surface area is 159 Å². The molecule has 3 rings (SSSR count). The number of aromatic nitrogens is 1. The predicted molar refractivity (Wildman–Crippen MR) is 92.3 cm³/mol.